The minimum atomic E-state index is 0.957. The third-order valence-electron chi connectivity index (χ3n) is 1.66. The number of thioether (sulfide) groups is 1. The topological polar surface area (TPSA) is 9.23 Å². The van der Waals surface area contributed by atoms with Gasteiger partial charge < -0.3 is 4.74 Å². The Labute approximate surface area is 78.1 Å². The van der Waals surface area contributed by atoms with Crippen molar-refractivity contribution in [2.75, 3.05) is 13.4 Å². The van der Waals surface area contributed by atoms with Crippen LogP contribution >= 0.6 is 11.8 Å². The van der Waals surface area contributed by atoms with E-state index >= 15 is 0 Å². The van der Waals surface area contributed by atoms with Crippen LogP contribution in [0.25, 0.3) is 0 Å². The zero-order chi connectivity index (χ0) is 8.97. The summed E-state index contributed by atoms with van der Waals surface area (Å²) >= 11 is 1.83. The Morgan fingerprint density at radius 3 is 2.67 bits per heavy atom. The van der Waals surface area contributed by atoms with E-state index in [0.29, 0.717) is 0 Å². The van der Waals surface area contributed by atoms with E-state index in [1.807, 2.05) is 17.8 Å². The standard InChI is InChI=1S/C10H14OS/c1-8-4-9(7-12-3)6-10(5-8)11-2/h4-6H,7H2,1-3H3. The molecule has 1 aromatic carbocycles. The summed E-state index contributed by atoms with van der Waals surface area (Å²) in [6.07, 6.45) is 2.11. The molecule has 0 aliphatic heterocycles. The van der Waals surface area contributed by atoms with Crippen LogP contribution in [-0.4, -0.2) is 13.4 Å². The number of rotatable bonds is 3. The first-order valence-electron chi connectivity index (χ1n) is 3.89. The minimum Gasteiger partial charge on any atom is -0.497 e. The molecule has 0 amide bonds. The fourth-order valence-electron chi connectivity index (χ4n) is 1.19. The van der Waals surface area contributed by atoms with Crippen molar-refractivity contribution in [2.24, 2.45) is 0 Å². The Balaban J connectivity index is 2.90. The van der Waals surface area contributed by atoms with E-state index in [9.17, 15) is 0 Å². The molecule has 2 heteroatoms. The molecule has 0 bridgehead atoms. The van der Waals surface area contributed by atoms with Crippen LogP contribution < -0.4 is 4.74 Å². The summed E-state index contributed by atoms with van der Waals surface area (Å²) in [5, 5.41) is 0. The average molecular weight is 182 g/mol. The first-order valence-corrected chi connectivity index (χ1v) is 5.29. The molecule has 0 aliphatic rings. The molecule has 0 fully saturated rings. The maximum absolute atomic E-state index is 5.17. The predicted octanol–water partition coefficient (Wildman–Crippen LogP) is 2.87. The molecule has 0 atom stereocenters. The summed E-state index contributed by atoms with van der Waals surface area (Å²) < 4.78 is 5.17. The normalized spacial score (nSPS) is 9.92. The third kappa shape index (κ3) is 2.45. The van der Waals surface area contributed by atoms with Crippen molar-refractivity contribution in [1.29, 1.82) is 0 Å². The lowest BCUT2D eigenvalue weighted by Gasteiger charge is -2.04. The molecular formula is C10H14OS. The second kappa shape index (κ2) is 4.41. The Morgan fingerprint density at radius 2 is 2.08 bits per heavy atom. The van der Waals surface area contributed by atoms with Crippen molar-refractivity contribution < 1.29 is 4.74 Å². The van der Waals surface area contributed by atoms with Gasteiger partial charge >= 0.3 is 0 Å². The van der Waals surface area contributed by atoms with Crippen LogP contribution in [0.2, 0.25) is 0 Å². The van der Waals surface area contributed by atoms with Crippen LogP contribution in [-0.2, 0) is 5.75 Å². The third-order valence-corrected chi connectivity index (χ3v) is 2.28. The van der Waals surface area contributed by atoms with E-state index in [1.54, 1.807) is 7.11 Å². The number of methoxy groups -OCH3 is 1. The molecule has 1 rings (SSSR count). The van der Waals surface area contributed by atoms with Gasteiger partial charge in [0.05, 0.1) is 7.11 Å². The van der Waals surface area contributed by atoms with Gasteiger partial charge in [-0.2, -0.15) is 11.8 Å². The quantitative estimate of drug-likeness (QED) is 0.711. The zero-order valence-corrected chi connectivity index (χ0v) is 8.57. The van der Waals surface area contributed by atoms with Gasteiger partial charge in [-0.15, -0.1) is 0 Å². The molecule has 0 unspecified atom stereocenters. The summed E-state index contributed by atoms with van der Waals surface area (Å²) in [6, 6.07) is 6.33. The van der Waals surface area contributed by atoms with E-state index in [-0.39, 0.29) is 0 Å². The second-order valence-corrected chi connectivity index (χ2v) is 3.66. The van der Waals surface area contributed by atoms with Gasteiger partial charge in [0.2, 0.25) is 0 Å². The highest BCUT2D eigenvalue weighted by Crippen LogP contribution is 2.19. The van der Waals surface area contributed by atoms with Crippen molar-refractivity contribution in [1.82, 2.24) is 0 Å². The van der Waals surface area contributed by atoms with Crippen LogP contribution in [0.5, 0.6) is 5.75 Å². The lowest BCUT2D eigenvalue weighted by atomic mass is 10.1. The molecule has 12 heavy (non-hydrogen) atoms. The SMILES string of the molecule is COc1cc(C)cc(CSC)c1. The van der Waals surface area contributed by atoms with Gasteiger partial charge in [0.15, 0.2) is 0 Å². The summed E-state index contributed by atoms with van der Waals surface area (Å²) in [6.45, 7) is 2.09. The highest BCUT2D eigenvalue weighted by molar-refractivity contribution is 7.97. The van der Waals surface area contributed by atoms with E-state index < -0.39 is 0 Å². The van der Waals surface area contributed by atoms with E-state index in [2.05, 4.69) is 25.3 Å². The van der Waals surface area contributed by atoms with Crippen LogP contribution in [0.3, 0.4) is 0 Å². The van der Waals surface area contributed by atoms with Gasteiger partial charge in [0, 0.05) is 5.75 Å². The molecule has 0 aromatic heterocycles. The summed E-state index contributed by atoms with van der Waals surface area (Å²) in [5.74, 6) is 2.01. The maximum Gasteiger partial charge on any atom is 0.119 e. The van der Waals surface area contributed by atoms with Gasteiger partial charge in [-0.05, 0) is 36.4 Å². The lowest BCUT2D eigenvalue weighted by molar-refractivity contribution is 0.414. The van der Waals surface area contributed by atoms with Crippen LogP contribution in [0, 0.1) is 6.92 Å². The number of ether oxygens (including phenoxy) is 1. The Hall–Kier alpha value is -0.630. The molecule has 0 spiro atoms. The highest BCUT2D eigenvalue weighted by Gasteiger charge is 1.97. The molecular weight excluding hydrogens is 168 g/mol. The van der Waals surface area contributed by atoms with Crippen molar-refractivity contribution in [3.8, 4) is 5.75 Å². The summed E-state index contributed by atoms with van der Waals surface area (Å²) in [7, 11) is 1.71. The van der Waals surface area contributed by atoms with Crippen molar-refractivity contribution in [3.05, 3.63) is 29.3 Å². The molecule has 0 heterocycles. The molecule has 0 saturated carbocycles. The molecule has 0 saturated heterocycles. The van der Waals surface area contributed by atoms with E-state index in [4.69, 9.17) is 4.74 Å². The highest BCUT2D eigenvalue weighted by atomic mass is 32.2. The number of aryl methyl sites for hydroxylation is 1. The molecule has 0 aliphatic carbocycles. The minimum absolute atomic E-state index is 0.957. The van der Waals surface area contributed by atoms with Gasteiger partial charge in [-0.25, -0.2) is 0 Å². The molecule has 1 aromatic rings. The fraction of sp³-hybridized carbons (Fsp3) is 0.400. The Kier molecular flexibility index (Phi) is 3.48. The largest absolute Gasteiger partial charge is 0.497 e. The van der Waals surface area contributed by atoms with E-state index in [1.165, 1.54) is 11.1 Å². The first kappa shape index (κ1) is 9.46. The number of hydrogen-bond acceptors (Lipinski definition) is 2. The first-order chi connectivity index (χ1) is 5.76. The predicted molar refractivity (Wildman–Crippen MR) is 55.0 cm³/mol. The Morgan fingerprint density at radius 1 is 1.33 bits per heavy atom. The maximum atomic E-state index is 5.17. The summed E-state index contributed by atoms with van der Waals surface area (Å²) in [4.78, 5) is 0. The van der Waals surface area contributed by atoms with Gasteiger partial charge in [-0.1, -0.05) is 6.07 Å². The molecule has 0 N–H and O–H groups in total. The van der Waals surface area contributed by atoms with Crippen LogP contribution in [0.1, 0.15) is 11.1 Å². The van der Waals surface area contributed by atoms with Crippen molar-refractivity contribution in [3.63, 3.8) is 0 Å². The number of benzene rings is 1. The van der Waals surface area contributed by atoms with Crippen LogP contribution in [0.15, 0.2) is 18.2 Å². The molecule has 66 valence electrons. The van der Waals surface area contributed by atoms with Crippen LogP contribution in [0.4, 0.5) is 0 Å². The van der Waals surface area contributed by atoms with Gasteiger partial charge in [0.25, 0.3) is 0 Å². The fourth-order valence-corrected chi connectivity index (χ4v) is 1.69. The lowest BCUT2D eigenvalue weighted by Crippen LogP contribution is -1.87. The Bertz CT molecular complexity index is 258. The van der Waals surface area contributed by atoms with Gasteiger partial charge in [0.1, 0.15) is 5.75 Å². The number of hydrogen-bond donors (Lipinski definition) is 0. The zero-order valence-electron chi connectivity index (χ0n) is 7.76. The van der Waals surface area contributed by atoms with Crippen molar-refractivity contribution >= 4 is 11.8 Å². The monoisotopic (exact) mass is 182 g/mol. The second-order valence-electron chi connectivity index (χ2n) is 2.79. The average Bonchev–Trinajstić information content (AvgIpc) is 2.04. The summed E-state index contributed by atoms with van der Waals surface area (Å²) in [5.41, 5.74) is 2.60. The molecule has 1 nitrogen and oxygen atoms in total. The van der Waals surface area contributed by atoms with Crippen molar-refractivity contribution in [2.45, 2.75) is 12.7 Å². The van der Waals surface area contributed by atoms with Gasteiger partial charge in [-0.3, -0.25) is 0 Å². The smallest absolute Gasteiger partial charge is 0.119 e. The molecule has 0 radical (unpaired) electrons. The van der Waals surface area contributed by atoms with E-state index in [0.717, 1.165) is 11.5 Å².